The van der Waals surface area contributed by atoms with E-state index in [1.165, 1.54) is 0 Å². The normalized spacial score (nSPS) is 14.5. The number of piperidine rings is 1. The monoisotopic (exact) mass is 375 g/mol. The van der Waals surface area contributed by atoms with Crippen molar-refractivity contribution < 1.29 is 14.3 Å². The maximum Gasteiger partial charge on any atom is 0.316 e. The molecular formula is C22H21N3O3. The van der Waals surface area contributed by atoms with Gasteiger partial charge in [0.25, 0.3) is 5.91 Å². The van der Waals surface area contributed by atoms with Gasteiger partial charge in [0, 0.05) is 38.3 Å². The first-order valence-corrected chi connectivity index (χ1v) is 9.34. The molecule has 1 fully saturated rings. The molecule has 6 nitrogen and oxygen atoms in total. The maximum atomic E-state index is 13.1. The lowest BCUT2D eigenvalue weighted by atomic mass is 10.1. The highest BCUT2D eigenvalue weighted by molar-refractivity contribution is 5.97. The molecule has 2 aromatic carbocycles. The number of nitrogens with zero attached hydrogens (tertiary/aromatic N) is 3. The van der Waals surface area contributed by atoms with E-state index in [1.54, 1.807) is 24.5 Å². The van der Waals surface area contributed by atoms with E-state index < -0.39 is 0 Å². The number of carbonyl (C=O) groups excluding carboxylic acids is 1. The second kappa shape index (κ2) is 8.52. The van der Waals surface area contributed by atoms with Gasteiger partial charge in [-0.2, -0.15) is 0 Å². The van der Waals surface area contributed by atoms with Crippen LogP contribution in [0, 0.1) is 0 Å². The van der Waals surface area contributed by atoms with Gasteiger partial charge in [-0.3, -0.25) is 4.79 Å². The van der Waals surface area contributed by atoms with Crippen LogP contribution in [0.25, 0.3) is 0 Å². The van der Waals surface area contributed by atoms with E-state index in [-0.39, 0.29) is 12.0 Å². The first-order valence-electron chi connectivity index (χ1n) is 9.34. The van der Waals surface area contributed by atoms with Gasteiger partial charge in [0.1, 0.15) is 17.6 Å². The summed E-state index contributed by atoms with van der Waals surface area (Å²) in [6, 6.07) is 19.0. The molecule has 6 heteroatoms. The van der Waals surface area contributed by atoms with Crippen LogP contribution in [-0.4, -0.2) is 40.0 Å². The summed E-state index contributed by atoms with van der Waals surface area (Å²) >= 11 is 0. The van der Waals surface area contributed by atoms with E-state index in [2.05, 4.69) is 9.97 Å². The van der Waals surface area contributed by atoms with Crippen molar-refractivity contribution in [1.29, 1.82) is 0 Å². The summed E-state index contributed by atoms with van der Waals surface area (Å²) in [4.78, 5) is 23.1. The maximum absolute atomic E-state index is 13.1. The Balaban J connectivity index is 1.40. The predicted molar refractivity (Wildman–Crippen MR) is 105 cm³/mol. The summed E-state index contributed by atoms with van der Waals surface area (Å²) < 4.78 is 11.7. The van der Waals surface area contributed by atoms with Gasteiger partial charge in [0.05, 0.1) is 5.56 Å². The van der Waals surface area contributed by atoms with Crippen molar-refractivity contribution in [3.8, 4) is 17.5 Å². The first-order chi connectivity index (χ1) is 13.8. The molecule has 0 aliphatic carbocycles. The fraction of sp³-hybridized carbons (Fsp3) is 0.227. The second-order valence-corrected chi connectivity index (χ2v) is 6.55. The molecule has 4 rings (SSSR count). The lowest BCUT2D eigenvalue weighted by Gasteiger charge is -2.32. The molecule has 1 saturated heterocycles. The van der Waals surface area contributed by atoms with Crippen molar-refractivity contribution in [2.75, 3.05) is 13.1 Å². The molecule has 0 unspecified atom stereocenters. The van der Waals surface area contributed by atoms with Crippen LogP contribution in [0.15, 0.2) is 73.1 Å². The van der Waals surface area contributed by atoms with Crippen LogP contribution in [-0.2, 0) is 0 Å². The number of amides is 1. The quantitative estimate of drug-likeness (QED) is 0.676. The number of rotatable bonds is 5. The third-order valence-electron chi connectivity index (χ3n) is 4.63. The van der Waals surface area contributed by atoms with E-state index >= 15 is 0 Å². The topological polar surface area (TPSA) is 64.5 Å². The molecule has 0 N–H and O–H groups in total. The number of carbonyl (C=O) groups is 1. The van der Waals surface area contributed by atoms with Crippen LogP contribution in [0.3, 0.4) is 0 Å². The van der Waals surface area contributed by atoms with Crippen molar-refractivity contribution in [3.05, 3.63) is 78.6 Å². The van der Waals surface area contributed by atoms with Crippen molar-refractivity contribution in [2.24, 2.45) is 0 Å². The highest BCUT2D eigenvalue weighted by Gasteiger charge is 2.26. The zero-order chi connectivity index (χ0) is 19.2. The summed E-state index contributed by atoms with van der Waals surface area (Å²) in [6.45, 7) is 1.24. The summed E-state index contributed by atoms with van der Waals surface area (Å²) in [5.41, 5.74) is 0.567. The van der Waals surface area contributed by atoms with Crippen molar-refractivity contribution in [1.82, 2.24) is 14.9 Å². The molecule has 0 saturated carbocycles. The third kappa shape index (κ3) is 4.28. The van der Waals surface area contributed by atoms with E-state index in [0.717, 1.165) is 12.8 Å². The molecule has 1 aromatic heterocycles. The number of para-hydroxylation sites is 2. The molecular weight excluding hydrogens is 354 g/mol. The smallest absolute Gasteiger partial charge is 0.316 e. The van der Waals surface area contributed by atoms with Crippen LogP contribution < -0.4 is 9.47 Å². The lowest BCUT2D eigenvalue weighted by molar-refractivity contribution is 0.0576. The average Bonchev–Trinajstić information content (AvgIpc) is 2.76. The highest BCUT2D eigenvalue weighted by Crippen LogP contribution is 2.27. The summed E-state index contributed by atoms with van der Waals surface area (Å²) in [6.07, 6.45) is 4.81. The zero-order valence-corrected chi connectivity index (χ0v) is 15.4. The standard InChI is InChI=1S/C22H21N3O3/c26-21(19-9-4-5-10-20(19)27-17-7-2-1-3-8-17)25-15-11-18(12-16-25)28-22-23-13-6-14-24-22/h1-10,13-14,18H,11-12,15-16H2. The fourth-order valence-corrected chi connectivity index (χ4v) is 3.19. The Bertz CT molecular complexity index is 911. The van der Waals surface area contributed by atoms with Gasteiger partial charge in [-0.15, -0.1) is 0 Å². The largest absolute Gasteiger partial charge is 0.460 e. The molecule has 1 aliphatic rings. The van der Waals surface area contributed by atoms with E-state index in [0.29, 0.717) is 36.2 Å². The average molecular weight is 375 g/mol. The van der Waals surface area contributed by atoms with E-state index in [1.807, 2.05) is 53.4 Å². The Kier molecular flexibility index (Phi) is 5.47. The number of ether oxygens (including phenoxy) is 2. The van der Waals surface area contributed by atoms with Crippen LogP contribution in [0.4, 0.5) is 0 Å². The second-order valence-electron chi connectivity index (χ2n) is 6.55. The van der Waals surface area contributed by atoms with Gasteiger partial charge in [-0.25, -0.2) is 9.97 Å². The van der Waals surface area contributed by atoms with Crippen LogP contribution >= 0.6 is 0 Å². The highest BCUT2D eigenvalue weighted by atomic mass is 16.5. The lowest BCUT2D eigenvalue weighted by Crippen LogP contribution is -2.42. The van der Waals surface area contributed by atoms with Crippen molar-refractivity contribution in [3.63, 3.8) is 0 Å². The molecule has 28 heavy (non-hydrogen) atoms. The van der Waals surface area contributed by atoms with Gasteiger partial charge < -0.3 is 14.4 Å². The number of aromatic nitrogens is 2. The Morgan fingerprint density at radius 1 is 0.893 bits per heavy atom. The SMILES string of the molecule is O=C(c1ccccc1Oc1ccccc1)N1CCC(Oc2ncccn2)CC1. The van der Waals surface area contributed by atoms with Gasteiger partial charge in [0.2, 0.25) is 0 Å². The van der Waals surface area contributed by atoms with Gasteiger partial charge >= 0.3 is 6.01 Å². The van der Waals surface area contributed by atoms with E-state index in [9.17, 15) is 4.79 Å². The fourth-order valence-electron chi connectivity index (χ4n) is 3.19. The molecule has 0 spiro atoms. The van der Waals surface area contributed by atoms with Crippen molar-refractivity contribution in [2.45, 2.75) is 18.9 Å². The Morgan fingerprint density at radius 2 is 1.57 bits per heavy atom. The molecule has 0 radical (unpaired) electrons. The number of hydrogen-bond donors (Lipinski definition) is 0. The van der Waals surface area contributed by atoms with Gasteiger partial charge in [-0.1, -0.05) is 30.3 Å². The minimum atomic E-state index is -0.0269. The molecule has 142 valence electrons. The molecule has 2 heterocycles. The zero-order valence-electron chi connectivity index (χ0n) is 15.4. The minimum absolute atomic E-state index is 0.0160. The number of hydrogen-bond acceptors (Lipinski definition) is 5. The Hall–Kier alpha value is -3.41. The first kappa shape index (κ1) is 18.0. The van der Waals surface area contributed by atoms with Crippen molar-refractivity contribution >= 4 is 5.91 Å². The number of benzene rings is 2. The van der Waals surface area contributed by atoms with Gasteiger partial charge in [0.15, 0.2) is 0 Å². The molecule has 3 aromatic rings. The molecule has 1 aliphatic heterocycles. The van der Waals surface area contributed by atoms with Crippen LogP contribution in [0.2, 0.25) is 0 Å². The van der Waals surface area contributed by atoms with Gasteiger partial charge in [-0.05, 0) is 30.3 Å². The molecule has 0 bridgehead atoms. The summed E-state index contributed by atoms with van der Waals surface area (Å²) in [7, 11) is 0. The molecule has 1 amide bonds. The predicted octanol–water partition coefficient (Wildman–Crippen LogP) is 3.95. The summed E-state index contributed by atoms with van der Waals surface area (Å²) in [5.74, 6) is 1.24. The summed E-state index contributed by atoms with van der Waals surface area (Å²) in [5, 5.41) is 0. The Labute approximate surface area is 163 Å². The number of likely N-dealkylation sites (tertiary alicyclic amines) is 1. The Morgan fingerprint density at radius 3 is 2.32 bits per heavy atom. The van der Waals surface area contributed by atoms with Crippen LogP contribution in [0.5, 0.6) is 17.5 Å². The van der Waals surface area contributed by atoms with E-state index in [4.69, 9.17) is 9.47 Å². The third-order valence-corrected chi connectivity index (χ3v) is 4.63. The molecule has 0 atom stereocenters. The van der Waals surface area contributed by atoms with Crippen LogP contribution in [0.1, 0.15) is 23.2 Å². The minimum Gasteiger partial charge on any atom is -0.460 e.